The molecule has 0 aromatic heterocycles. The Labute approximate surface area is 124 Å². The Hall–Kier alpha value is -2.69. The molecule has 2 rings (SSSR count). The number of amides is 1. The molecule has 0 aliphatic heterocycles. The summed E-state index contributed by atoms with van der Waals surface area (Å²) < 4.78 is 0. The Balaban J connectivity index is 1.92. The zero-order valence-corrected chi connectivity index (χ0v) is 12.2. The van der Waals surface area contributed by atoms with E-state index in [1.807, 2.05) is 49.5 Å². The second kappa shape index (κ2) is 7.19. The molecule has 0 saturated heterocycles. The summed E-state index contributed by atoms with van der Waals surface area (Å²) in [6.45, 7) is 2.18. The summed E-state index contributed by atoms with van der Waals surface area (Å²) in [5, 5.41) is 12.8. The topological polar surface area (TPSA) is 57.1 Å². The van der Waals surface area contributed by atoms with Crippen LogP contribution in [0.1, 0.15) is 12.5 Å². The second-order valence-corrected chi connectivity index (χ2v) is 4.72. The minimum Gasteiger partial charge on any atom is -0.326 e. The molecule has 0 heterocycles. The van der Waals surface area contributed by atoms with E-state index >= 15 is 0 Å². The van der Waals surface area contributed by atoms with Gasteiger partial charge >= 0.3 is 0 Å². The first-order valence-electron chi connectivity index (χ1n) is 6.68. The largest absolute Gasteiger partial charge is 0.326 e. The van der Waals surface area contributed by atoms with Gasteiger partial charge in [0.05, 0.1) is 12.2 Å². The van der Waals surface area contributed by atoms with E-state index in [4.69, 9.17) is 0 Å². The summed E-state index contributed by atoms with van der Waals surface area (Å²) in [5.74, 6) is -0.0908. The highest BCUT2D eigenvalue weighted by atomic mass is 16.1. The van der Waals surface area contributed by atoms with Gasteiger partial charge in [-0.05, 0) is 29.8 Å². The fourth-order valence-electron chi connectivity index (χ4n) is 1.82. The molecule has 5 nitrogen and oxygen atoms in total. The van der Waals surface area contributed by atoms with Crippen LogP contribution in [0.25, 0.3) is 0 Å². The van der Waals surface area contributed by atoms with Crippen LogP contribution in [0, 0.1) is 0 Å². The van der Waals surface area contributed by atoms with Crippen molar-refractivity contribution in [2.45, 2.75) is 13.5 Å². The molecule has 21 heavy (non-hydrogen) atoms. The maximum Gasteiger partial charge on any atom is 0.221 e. The summed E-state index contributed by atoms with van der Waals surface area (Å²) in [6.07, 6.45) is 0. The van der Waals surface area contributed by atoms with Crippen LogP contribution in [-0.4, -0.2) is 18.0 Å². The van der Waals surface area contributed by atoms with Crippen molar-refractivity contribution in [1.82, 2.24) is 5.01 Å². The van der Waals surface area contributed by atoms with E-state index in [2.05, 4.69) is 15.7 Å². The van der Waals surface area contributed by atoms with Crippen LogP contribution in [-0.2, 0) is 11.3 Å². The van der Waals surface area contributed by atoms with Gasteiger partial charge in [0.25, 0.3) is 0 Å². The third-order valence-corrected chi connectivity index (χ3v) is 2.75. The summed E-state index contributed by atoms with van der Waals surface area (Å²) in [7, 11) is 1.88. The lowest BCUT2D eigenvalue weighted by Gasteiger charge is -2.10. The van der Waals surface area contributed by atoms with E-state index in [-0.39, 0.29) is 5.91 Å². The van der Waals surface area contributed by atoms with Gasteiger partial charge in [-0.25, -0.2) is 0 Å². The Morgan fingerprint density at radius 1 is 1.10 bits per heavy atom. The van der Waals surface area contributed by atoms with E-state index in [9.17, 15) is 4.79 Å². The monoisotopic (exact) mass is 282 g/mol. The molecule has 0 aliphatic carbocycles. The number of nitrogens with one attached hydrogen (secondary N) is 1. The van der Waals surface area contributed by atoms with Gasteiger partial charge in [-0.15, -0.1) is 5.11 Å². The van der Waals surface area contributed by atoms with Gasteiger partial charge in [-0.3, -0.25) is 9.80 Å². The number of rotatable bonds is 5. The van der Waals surface area contributed by atoms with Crippen molar-refractivity contribution >= 4 is 17.3 Å². The molecule has 108 valence electrons. The lowest BCUT2D eigenvalue weighted by atomic mass is 10.2. The number of carbonyl (C=O) groups is 1. The summed E-state index contributed by atoms with van der Waals surface area (Å²) in [5.41, 5.74) is 2.67. The van der Waals surface area contributed by atoms with Crippen molar-refractivity contribution in [2.75, 3.05) is 12.4 Å². The first-order chi connectivity index (χ1) is 10.1. The first kappa shape index (κ1) is 14.7. The van der Waals surface area contributed by atoms with Gasteiger partial charge in [-0.1, -0.05) is 35.6 Å². The average Bonchev–Trinajstić information content (AvgIpc) is 2.47. The highest BCUT2D eigenvalue weighted by Gasteiger charge is 1.98. The van der Waals surface area contributed by atoms with Crippen molar-refractivity contribution in [3.8, 4) is 0 Å². The highest BCUT2D eigenvalue weighted by Crippen LogP contribution is 2.17. The minimum absolute atomic E-state index is 0.0908. The SMILES string of the molecule is CC(=O)Nc1ccc(N=NN(C)Cc2ccccc2)cc1. The summed E-state index contributed by atoms with van der Waals surface area (Å²) in [6, 6.07) is 17.3. The molecule has 0 aliphatic rings. The smallest absolute Gasteiger partial charge is 0.221 e. The molecule has 0 unspecified atom stereocenters. The molecule has 0 spiro atoms. The molecule has 0 atom stereocenters. The van der Waals surface area contributed by atoms with Crippen LogP contribution in [0.3, 0.4) is 0 Å². The number of nitrogens with zero attached hydrogens (tertiary/aromatic N) is 3. The fourth-order valence-corrected chi connectivity index (χ4v) is 1.82. The van der Waals surface area contributed by atoms with Gasteiger partial charge in [0.2, 0.25) is 5.91 Å². The zero-order valence-electron chi connectivity index (χ0n) is 12.2. The van der Waals surface area contributed by atoms with Gasteiger partial charge in [0, 0.05) is 19.7 Å². The molecule has 2 aromatic carbocycles. The van der Waals surface area contributed by atoms with Crippen molar-refractivity contribution in [2.24, 2.45) is 10.3 Å². The molecular formula is C16H18N4O. The first-order valence-corrected chi connectivity index (χ1v) is 6.68. The van der Waals surface area contributed by atoms with Gasteiger partial charge in [-0.2, -0.15) is 0 Å². The van der Waals surface area contributed by atoms with Gasteiger partial charge in [0.15, 0.2) is 0 Å². The van der Waals surface area contributed by atoms with Crippen molar-refractivity contribution in [3.05, 3.63) is 60.2 Å². The van der Waals surface area contributed by atoms with Crippen LogP contribution >= 0.6 is 0 Å². The van der Waals surface area contributed by atoms with Crippen LogP contribution < -0.4 is 5.32 Å². The van der Waals surface area contributed by atoms with Crippen LogP contribution in [0.15, 0.2) is 64.9 Å². The summed E-state index contributed by atoms with van der Waals surface area (Å²) in [4.78, 5) is 10.9. The number of benzene rings is 2. The van der Waals surface area contributed by atoms with Crippen molar-refractivity contribution in [1.29, 1.82) is 0 Å². The number of hydrogen-bond acceptors (Lipinski definition) is 3. The third-order valence-electron chi connectivity index (χ3n) is 2.75. The van der Waals surface area contributed by atoms with Crippen LogP contribution in [0.2, 0.25) is 0 Å². The number of carbonyl (C=O) groups excluding carboxylic acids is 1. The van der Waals surface area contributed by atoms with E-state index in [0.717, 1.165) is 11.4 Å². The standard InChI is InChI=1S/C16H18N4O/c1-13(21)17-15-8-10-16(11-9-15)18-19-20(2)12-14-6-4-3-5-7-14/h3-11H,12H2,1-2H3,(H,17,21). The molecule has 5 heteroatoms. The minimum atomic E-state index is -0.0908. The lowest BCUT2D eigenvalue weighted by molar-refractivity contribution is -0.114. The van der Waals surface area contributed by atoms with E-state index in [1.165, 1.54) is 12.5 Å². The molecule has 2 aromatic rings. The Bertz CT molecular complexity index is 608. The third kappa shape index (κ3) is 5.06. The molecular weight excluding hydrogens is 264 g/mol. The Morgan fingerprint density at radius 2 is 1.76 bits per heavy atom. The lowest BCUT2D eigenvalue weighted by Crippen LogP contribution is -2.09. The fraction of sp³-hybridized carbons (Fsp3) is 0.188. The Morgan fingerprint density at radius 3 is 2.38 bits per heavy atom. The molecule has 0 fully saturated rings. The predicted octanol–water partition coefficient (Wildman–Crippen LogP) is 3.78. The maximum atomic E-state index is 10.9. The molecule has 0 bridgehead atoms. The van der Waals surface area contributed by atoms with E-state index < -0.39 is 0 Å². The van der Waals surface area contributed by atoms with Crippen molar-refractivity contribution < 1.29 is 4.79 Å². The van der Waals surface area contributed by atoms with Gasteiger partial charge < -0.3 is 5.32 Å². The van der Waals surface area contributed by atoms with Gasteiger partial charge in [0.1, 0.15) is 0 Å². The molecule has 0 radical (unpaired) electrons. The zero-order chi connectivity index (χ0) is 15.1. The normalized spacial score (nSPS) is 10.6. The van der Waals surface area contributed by atoms with Crippen LogP contribution in [0.4, 0.5) is 11.4 Å². The summed E-state index contributed by atoms with van der Waals surface area (Å²) >= 11 is 0. The quantitative estimate of drug-likeness (QED) is 0.670. The number of anilines is 1. The van der Waals surface area contributed by atoms with Crippen molar-refractivity contribution in [3.63, 3.8) is 0 Å². The van der Waals surface area contributed by atoms with E-state index in [1.54, 1.807) is 17.1 Å². The van der Waals surface area contributed by atoms with E-state index in [0.29, 0.717) is 6.54 Å². The number of hydrogen-bond donors (Lipinski definition) is 1. The second-order valence-electron chi connectivity index (χ2n) is 4.72. The Kier molecular flexibility index (Phi) is 5.04. The van der Waals surface area contributed by atoms with Crippen LogP contribution in [0.5, 0.6) is 0 Å². The molecule has 1 amide bonds. The maximum absolute atomic E-state index is 10.9. The highest BCUT2D eigenvalue weighted by molar-refractivity contribution is 5.88. The molecule has 0 saturated carbocycles. The average molecular weight is 282 g/mol. The molecule has 1 N–H and O–H groups in total. The predicted molar refractivity (Wildman–Crippen MR) is 83.2 cm³/mol.